The van der Waals surface area contributed by atoms with E-state index in [0.717, 1.165) is 4.88 Å². The van der Waals surface area contributed by atoms with Gasteiger partial charge in [0.05, 0.1) is 6.54 Å². The van der Waals surface area contributed by atoms with E-state index in [9.17, 15) is 21.6 Å². The summed E-state index contributed by atoms with van der Waals surface area (Å²) in [6, 6.07) is 3.26. The molecule has 1 fully saturated rings. The summed E-state index contributed by atoms with van der Waals surface area (Å²) < 4.78 is 63.6. The molecule has 9 heteroatoms. The van der Waals surface area contributed by atoms with Gasteiger partial charge < -0.3 is 0 Å². The highest BCUT2D eigenvalue weighted by Crippen LogP contribution is 2.24. The zero-order valence-electron chi connectivity index (χ0n) is 11.5. The minimum atomic E-state index is -4.21. The number of nitrogens with zero attached hydrogens (tertiary/aromatic N) is 1. The van der Waals surface area contributed by atoms with Gasteiger partial charge in [0.25, 0.3) is 0 Å². The van der Waals surface area contributed by atoms with Crippen LogP contribution in [0.2, 0.25) is 0 Å². The first-order valence-corrected chi connectivity index (χ1v) is 8.81. The van der Waals surface area contributed by atoms with Gasteiger partial charge in [-0.3, -0.25) is 4.90 Å². The summed E-state index contributed by atoms with van der Waals surface area (Å²) in [4.78, 5) is 2.21. The lowest BCUT2D eigenvalue weighted by atomic mass is 10.1. The Kier molecular flexibility index (Phi) is 4.96. The van der Waals surface area contributed by atoms with Crippen LogP contribution in [0.25, 0.3) is 0 Å². The van der Waals surface area contributed by atoms with E-state index < -0.39 is 22.7 Å². The molecule has 0 radical (unpaired) electrons. The first-order valence-electron chi connectivity index (χ1n) is 6.51. The summed E-state index contributed by atoms with van der Waals surface area (Å²) in [5, 5.41) is 0. The molecule has 1 saturated heterocycles. The third-order valence-electron chi connectivity index (χ3n) is 3.32. The average molecular weight is 342 g/mol. The molecule has 0 aromatic carbocycles. The van der Waals surface area contributed by atoms with Gasteiger partial charge in [0.15, 0.2) is 0 Å². The van der Waals surface area contributed by atoms with Crippen LogP contribution >= 0.6 is 11.3 Å². The van der Waals surface area contributed by atoms with Crippen LogP contribution in [0, 0.1) is 12.8 Å². The highest BCUT2D eigenvalue weighted by atomic mass is 32.2. The topological polar surface area (TPSA) is 49.4 Å². The van der Waals surface area contributed by atoms with Crippen LogP contribution < -0.4 is 4.72 Å². The van der Waals surface area contributed by atoms with Crippen molar-refractivity contribution in [1.29, 1.82) is 0 Å². The van der Waals surface area contributed by atoms with Crippen molar-refractivity contribution in [3.8, 4) is 0 Å². The van der Waals surface area contributed by atoms with Gasteiger partial charge in [-0.1, -0.05) is 0 Å². The fourth-order valence-electron chi connectivity index (χ4n) is 2.33. The molecule has 4 nitrogen and oxygen atoms in total. The summed E-state index contributed by atoms with van der Waals surface area (Å²) in [7, 11) is -3.55. The van der Waals surface area contributed by atoms with E-state index >= 15 is 0 Å². The summed E-state index contributed by atoms with van der Waals surface area (Å²) >= 11 is 1.18. The van der Waals surface area contributed by atoms with Crippen molar-refractivity contribution in [2.24, 2.45) is 5.92 Å². The maximum atomic E-state index is 12.3. The molecule has 1 aliphatic heterocycles. The highest BCUT2D eigenvalue weighted by molar-refractivity contribution is 7.91. The average Bonchev–Trinajstić information content (AvgIpc) is 2.94. The Labute approximate surface area is 126 Å². The molecule has 120 valence electrons. The van der Waals surface area contributed by atoms with Crippen molar-refractivity contribution in [2.45, 2.75) is 23.7 Å². The predicted molar refractivity (Wildman–Crippen MR) is 74.8 cm³/mol. The SMILES string of the molecule is Cc1ccc(S(=O)(=O)NC[C@@H]2CCN(CC(F)(F)F)C2)s1. The first-order chi connectivity index (χ1) is 9.66. The van der Waals surface area contributed by atoms with Crippen LogP contribution in [-0.2, 0) is 10.0 Å². The third kappa shape index (κ3) is 4.94. The second-order valence-electron chi connectivity index (χ2n) is 5.22. The van der Waals surface area contributed by atoms with Gasteiger partial charge in [-0.15, -0.1) is 11.3 Å². The Balaban J connectivity index is 1.84. The number of rotatable bonds is 5. The fourth-order valence-corrected chi connectivity index (χ4v) is 4.78. The Morgan fingerprint density at radius 1 is 1.43 bits per heavy atom. The number of hydrogen-bond acceptors (Lipinski definition) is 4. The van der Waals surface area contributed by atoms with Gasteiger partial charge in [-0.2, -0.15) is 13.2 Å². The molecule has 0 unspecified atom stereocenters. The molecule has 0 aliphatic carbocycles. The van der Waals surface area contributed by atoms with Crippen LogP contribution in [0.1, 0.15) is 11.3 Å². The second kappa shape index (κ2) is 6.23. The van der Waals surface area contributed by atoms with E-state index in [4.69, 9.17) is 0 Å². The predicted octanol–water partition coefficient (Wildman–Crippen LogP) is 2.22. The lowest BCUT2D eigenvalue weighted by Gasteiger charge is -2.17. The number of likely N-dealkylation sites (tertiary alicyclic amines) is 1. The minimum absolute atomic E-state index is 0.0804. The number of thiophene rings is 1. The van der Waals surface area contributed by atoms with Crippen molar-refractivity contribution < 1.29 is 21.6 Å². The molecule has 0 spiro atoms. The molecular formula is C12H17F3N2O2S2. The largest absolute Gasteiger partial charge is 0.401 e. The number of hydrogen-bond donors (Lipinski definition) is 1. The molecule has 0 saturated carbocycles. The molecule has 21 heavy (non-hydrogen) atoms. The van der Waals surface area contributed by atoms with E-state index in [-0.39, 0.29) is 23.2 Å². The van der Waals surface area contributed by atoms with E-state index in [1.54, 1.807) is 6.07 Å². The van der Waals surface area contributed by atoms with Crippen molar-refractivity contribution in [2.75, 3.05) is 26.2 Å². The zero-order chi connectivity index (χ0) is 15.7. The first kappa shape index (κ1) is 16.7. The Morgan fingerprint density at radius 3 is 2.71 bits per heavy atom. The number of sulfonamides is 1. The third-order valence-corrected chi connectivity index (χ3v) is 6.23. The van der Waals surface area contributed by atoms with Gasteiger partial charge in [0, 0.05) is 18.0 Å². The van der Waals surface area contributed by atoms with E-state index in [0.29, 0.717) is 13.0 Å². The quantitative estimate of drug-likeness (QED) is 0.893. The van der Waals surface area contributed by atoms with Gasteiger partial charge in [0.2, 0.25) is 10.0 Å². The second-order valence-corrected chi connectivity index (χ2v) is 8.50. The molecule has 1 atom stereocenters. The van der Waals surface area contributed by atoms with Crippen molar-refractivity contribution in [3.63, 3.8) is 0 Å². The maximum absolute atomic E-state index is 12.3. The zero-order valence-corrected chi connectivity index (χ0v) is 13.1. The molecule has 0 amide bonds. The number of halogens is 3. The summed E-state index contributed by atoms with van der Waals surface area (Å²) in [5.41, 5.74) is 0. The van der Waals surface area contributed by atoms with E-state index in [1.165, 1.54) is 22.3 Å². The van der Waals surface area contributed by atoms with Crippen molar-refractivity contribution in [3.05, 3.63) is 17.0 Å². The van der Waals surface area contributed by atoms with Crippen LogP contribution in [0.3, 0.4) is 0 Å². The normalized spacial score (nSPS) is 21.0. The lowest BCUT2D eigenvalue weighted by molar-refractivity contribution is -0.143. The van der Waals surface area contributed by atoms with Crippen molar-refractivity contribution in [1.82, 2.24) is 9.62 Å². The van der Waals surface area contributed by atoms with Crippen LogP contribution in [0.5, 0.6) is 0 Å². The molecule has 1 aromatic rings. The summed E-state index contributed by atoms with van der Waals surface area (Å²) in [6.45, 7) is 1.68. The Bertz CT molecular complexity index is 584. The number of nitrogens with one attached hydrogen (secondary N) is 1. The molecule has 2 heterocycles. The molecule has 2 rings (SSSR count). The monoisotopic (exact) mass is 342 g/mol. The van der Waals surface area contributed by atoms with Gasteiger partial charge in [0.1, 0.15) is 4.21 Å². The van der Waals surface area contributed by atoms with Gasteiger partial charge >= 0.3 is 6.18 Å². The minimum Gasteiger partial charge on any atom is -0.295 e. The van der Waals surface area contributed by atoms with Crippen molar-refractivity contribution >= 4 is 21.4 Å². The number of alkyl halides is 3. The van der Waals surface area contributed by atoms with E-state index in [2.05, 4.69) is 4.72 Å². The Hall–Kier alpha value is -0.640. The summed E-state index contributed by atoms with van der Waals surface area (Å²) in [6.07, 6.45) is -3.63. The molecule has 1 aromatic heterocycles. The summed E-state index contributed by atoms with van der Waals surface area (Å²) in [5.74, 6) is -0.0804. The Morgan fingerprint density at radius 2 is 2.14 bits per heavy atom. The molecular weight excluding hydrogens is 325 g/mol. The molecule has 1 aliphatic rings. The fraction of sp³-hybridized carbons (Fsp3) is 0.667. The van der Waals surface area contributed by atoms with Gasteiger partial charge in [-0.25, -0.2) is 13.1 Å². The van der Waals surface area contributed by atoms with E-state index in [1.807, 2.05) is 6.92 Å². The van der Waals surface area contributed by atoms with Gasteiger partial charge in [-0.05, 0) is 37.9 Å². The number of aryl methyl sites for hydroxylation is 1. The molecule has 0 bridgehead atoms. The maximum Gasteiger partial charge on any atom is 0.401 e. The van der Waals surface area contributed by atoms with Crippen LogP contribution in [-0.4, -0.2) is 45.7 Å². The highest BCUT2D eigenvalue weighted by Gasteiger charge is 2.34. The van der Waals surface area contributed by atoms with Crippen LogP contribution in [0.15, 0.2) is 16.3 Å². The van der Waals surface area contributed by atoms with Crippen LogP contribution in [0.4, 0.5) is 13.2 Å². The smallest absolute Gasteiger partial charge is 0.295 e. The standard InChI is InChI=1S/C12H17F3N2O2S2/c1-9-2-3-11(20-9)21(18,19)16-6-10-4-5-17(7-10)8-12(13,14)15/h2-3,10,16H,4-8H2,1H3/t10-/m0/s1. The lowest BCUT2D eigenvalue weighted by Crippen LogP contribution is -2.34. The molecule has 1 N–H and O–H groups in total.